The van der Waals surface area contributed by atoms with Crippen molar-refractivity contribution in [2.45, 2.75) is 0 Å². The number of hydrogen-bond acceptors (Lipinski definition) is 1. The Morgan fingerprint density at radius 1 is 0.396 bits per heavy atom. The summed E-state index contributed by atoms with van der Waals surface area (Å²) >= 11 is 0. The van der Waals surface area contributed by atoms with Crippen LogP contribution in [0.25, 0.3) is 70.9 Å². The molecule has 0 saturated carbocycles. The third-order valence-electron chi connectivity index (χ3n) is 10.3. The van der Waals surface area contributed by atoms with Gasteiger partial charge in [0, 0.05) is 27.8 Å². The van der Waals surface area contributed by atoms with Gasteiger partial charge in [-0.1, -0.05) is 103 Å². The number of fused-ring (bicyclic) bond motifs is 4. The minimum atomic E-state index is -2.20. The molecule has 0 N–H and O–H groups in total. The summed E-state index contributed by atoms with van der Waals surface area (Å²) in [7, 11) is 0. The maximum atomic E-state index is 15.2. The molecule has 0 unspecified atom stereocenters. The lowest BCUT2D eigenvalue weighted by atomic mass is 9.88. The topological polar surface area (TPSA) is 8.17 Å². The van der Waals surface area contributed by atoms with Crippen LogP contribution in [0, 0.1) is 29.1 Å². The Morgan fingerprint density at radius 3 is 1.70 bits per heavy atom. The Bertz CT molecular complexity index is 3020. The summed E-state index contributed by atoms with van der Waals surface area (Å²) in [4.78, 5) is 1.04. The molecule has 0 aliphatic carbocycles. The van der Waals surface area contributed by atoms with Crippen LogP contribution in [-0.2, 0) is 0 Å². The van der Waals surface area contributed by atoms with E-state index in [1.54, 1.807) is 54.6 Å². The van der Waals surface area contributed by atoms with Crippen molar-refractivity contribution in [3.8, 4) is 16.8 Å². The molecule has 7 heteroatoms. The second-order valence-corrected chi connectivity index (χ2v) is 13.1. The van der Waals surface area contributed by atoms with Crippen molar-refractivity contribution >= 4 is 71.2 Å². The second kappa shape index (κ2) is 11.6. The molecule has 0 amide bonds. The van der Waals surface area contributed by atoms with E-state index in [4.69, 9.17) is 0 Å². The van der Waals surface area contributed by atoms with Crippen LogP contribution in [0.15, 0.2) is 152 Å². The molecule has 1 aromatic heterocycles. The first-order chi connectivity index (χ1) is 25.9. The molecule has 0 saturated heterocycles. The predicted molar refractivity (Wildman–Crippen MR) is 204 cm³/mol. The highest BCUT2D eigenvalue weighted by molar-refractivity contribution is 6.34. The minimum Gasteiger partial charge on any atom is -0.309 e. The molecule has 254 valence electrons. The zero-order valence-corrected chi connectivity index (χ0v) is 27.7. The van der Waals surface area contributed by atoms with Crippen LogP contribution >= 0.6 is 0 Å². The second-order valence-electron chi connectivity index (χ2n) is 13.1. The molecule has 0 atom stereocenters. The molecule has 10 rings (SSSR count). The van der Waals surface area contributed by atoms with Crippen LogP contribution in [0.1, 0.15) is 0 Å². The molecule has 53 heavy (non-hydrogen) atoms. The summed E-state index contributed by atoms with van der Waals surface area (Å²) in [5, 5.41) is 8.99. The van der Waals surface area contributed by atoms with Crippen molar-refractivity contribution in [3.05, 3.63) is 181 Å². The molecule has 0 spiro atoms. The van der Waals surface area contributed by atoms with Gasteiger partial charge < -0.3 is 9.47 Å². The van der Waals surface area contributed by atoms with Crippen molar-refractivity contribution in [1.29, 1.82) is 0 Å². The first kappa shape index (κ1) is 31.0. The van der Waals surface area contributed by atoms with Crippen LogP contribution in [0.2, 0.25) is 0 Å². The van der Waals surface area contributed by atoms with Crippen molar-refractivity contribution < 1.29 is 22.0 Å². The zero-order valence-electron chi connectivity index (χ0n) is 27.7. The van der Waals surface area contributed by atoms with Gasteiger partial charge in [-0.3, -0.25) is 0 Å². The lowest BCUT2D eigenvalue weighted by molar-refractivity contribution is 0.380. The lowest BCUT2D eigenvalue weighted by Gasteiger charge is -2.26. The maximum Gasteiger partial charge on any atom is 0.200 e. The van der Waals surface area contributed by atoms with E-state index in [-0.39, 0.29) is 11.4 Å². The van der Waals surface area contributed by atoms with Gasteiger partial charge in [-0.2, -0.15) is 0 Å². The number of rotatable bonds is 5. The van der Waals surface area contributed by atoms with Gasteiger partial charge in [0.25, 0.3) is 0 Å². The number of anilines is 3. The fourth-order valence-corrected chi connectivity index (χ4v) is 8.00. The Hall–Kier alpha value is -6.73. The van der Waals surface area contributed by atoms with E-state index < -0.39 is 34.8 Å². The van der Waals surface area contributed by atoms with E-state index in [9.17, 15) is 13.2 Å². The minimum absolute atomic E-state index is 0.220. The molecule has 0 aliphatic rings. The fourth-order valence-electron chi connectivity index (χ4n) is 8.00. The molecule has 9 aromatic carbocycles. The van der Waals surface area contributed by atoms with Gasteiger partial charge in [0.05, 0.1) is 11.0 Å². The third-order valence-corrected chi connectivity index (χ3v) is 10.3. The quantitative estimate of drug-likeness (QED) is 0.0751. The number of aromatic nitrogens is 1. The lowest BCUT2D eigenvalue weighted by Crippen LogP contribution is -2.17. The van der Waals surface area contributed by atoms with E-state index in [0.717, 1.165) is 70.5 Å². The molecule has 0 aliphatic heterocycles. The number of halogens is 5. The number of hydrogen-bond donors (Lipinski definition) is 0. The number of para-hydroxylation sites is 3. The normalized spacial score (nSPS) is 11.9. The molecule has 0 bridgehead atoms. The Balaban J connectivity index is 1.17. The van der Waals surface area contributed by atoms with Crippen LogP contribution in [-0.4, -0.2) is 4.57 Å². The summed E-state index contributed by atoms with van der Waals surface area (Å²) in [6.07, 6.45) is 0. The highest BCUT2D eigenvalue weighted by Gasteiger charge is 2.31. The van der Waals surface area contributed by atoms with E-state index in [0.29, 0.717) is 0 Å². The first-order valence-electron chi connectivity index (χ1n) is 17.1. The van der Waals surface area contributed by atoms with Crippen molar-refractivity contribution in [3.63, 3.8) is 0 Å². The summed E-state index contributed by atoms with van der Waals surface area (Å²) < 4.78 is 75.8. The zero-order chi connectivity index (χ0) is 36.0. The van der Waals surface area contributed by atoms with Crippen molar-refractivity contribution in [2.75, 3.05) is 4.90 Å². The van der Waals surface area contributed by atoms with Crippen molar-refractivity contribution in [2.24, 2.45) is 0 Å². The highest BCUT2D eigenvalue weighted by Crippen LogP contribution is 2.46. The van der Waals surface area contributed by atoms with Gasteiger partial charge in [-0.15, -0.1) is 0 Å². The summed E-state index contributed by atoms with van der Waals surface area (Å²) in [5.74, 6) is -10.0. The largest absolute Gasteiger partial charge is 0.309 e. The van der Waals surface area contributed by atoms with Crippen LogP contribution in [0.3, 0.4) is 0 Å². The molecular weight excluding hydrogens is 676 g/mol. The Labute approximate surface area is 299 Å². The van der Waals surface area contributed by atoms with Gasteiger partial charge in [-0.05, 0) is 92.0 Å². The van der Waals surface area contributed by atoms with E-state index in [2.05, 4.69) is 77.4 Å². The molecule has 0 fully saturated rings. The molecule has 2 nitrogen and oxygen atoms in total. The fraction of sp³-hybridized carbons (Fsp3) is 0. The van der Waals surface area contributed by atoms with Crippen LogP contribution in [0.4, 0.5) is 39.0 Å². The van der Waals surface area contributed by atoms with Crippen LogP contribution < -0.4 is 4.90 Å². The standard InChI is InChI=1S/C46H25F5N2/c47-41-42(48)44(50)46(45(51)43(41)49)52(29-9-3-1-4-10-29)31-20-17-26(18-21-31)32-22-19-27-15-16-28-25-37-40(35-24-23-33(32)38(27)39(28)35)34-13-7-8-14-36(34)53(37)30-11-5-2-6-12-30/h1-25H. The van der Waals surface area contributed by atoms with E-state index >= 15 is 8.78 Å². The molecule has 10 aromatic rings. The monoisotopic (exact) mass is 700 g/mol. The van der Waals surface area contributed by atoms with E-state index in [1.807, 2.05) is 24.3 Å². The summed E-state index contributed by atoms with van der Waals surface area (Å²) in [6, 6.07) is 48.8. The average Bonchev–Trinajstić information content (AvgIpc) is 3.54. The highest BCUT2D eigenvalue weighted by atomic mass is 19.2. The summed E-state index contributed by atoms with van der Waals surface area (Å²) in [5.41, 5.74) is 4.49. The first-order valence-corrected chi connectivity index (χ1v) is 17.1. The Morgan fingerprint density at radius 2 is 0.962 bits per heavy atom. The van der Waals surface area contributed by atoms with Gasteiger partial charge >= 0.3 is 0 Å². The van der Waals surface area contributed by atoms with Gasteiger partial charge in [-0.25, -0.2) is 22.0 Å². The number of nitrogens with zero attached hydrogens (tertiary/aromatic N) is 2. The van der Waals surface area contributed by atoms with Crippen LogP contribution in [0.5, 0.6) is 0 Å². The molecule has 0 radical (unpaired) electrons. The van der Waals surface area contributed by atoms with Gasteiger partial charge in [0.2, 0.25) is 5.82 Å². The average molecular weight is 701 g/mol. The predicted octanol–water partition coefficient (Wildman–Crippen LogP) is 13.5. The molecular formula is C46H25F5N2. The van der Waals surface area contributed by atoms with E-state index in [1.165, 1.54) is 5.39 Å². The maximum absolute atomic E-state index is 15.2. The van der Waals surface area contributed by atoms with Gasteiger partial charge in [0.1, 0.15) is 5.69 Å². The number of benzene rings is 9. The molecule has 1 heterocycles. The summed E-state index contributed by atoms with van der Waals surface area (Å²) in [6.45, 7) is 0. The van der Waals surface area contributed by atoms with Gasteiger partial charge in [0.15, 0.2) is 23.3 Å². The third kappa shape index (κ3) is 4.50. The Kier molecular flexibility index (Phi) is 6.82. The smallest absolute Gasteiger partial charge is 0.200 e. The van der Waals surface area contributed by atoms with Crippen molar-refractivity contribution in [1.82, 2.24) is 4.57 Å². The SMILES string of the molecule is Fc1c(F)c(F)c(N(c2ccccc2)c2ccc(-c3ccc4ccc5cc6c(c7ccc3c4c57)c3ccccc3n6-c3ccccc3)cc2)c(F)c1F.